The minimum Gasteiger partial charge on any atom is -0.493 e. The molecule has 5 heterocycles. The number of methoxy groups -OCH3 is 1. The Kier molecular flexibility index (Phi) is 6.88. The van der Waals surface area contributed by atoms with Crippen LogP contribution in [0, 0.1) is 6.92 Å². The highest BCUT2D eigenvalue weighted by molar-refractivity contribution is 6.09. The van der Waals surface area contributed by atoms with Crippen molar-refractivity contribution in [2.75, 3.05) is 53.5 Å². The summed E-state index contributed by atoms with van der Waals surface area (Å²) in [6.07, 6.45) is 5.37. The van der Waals surface area contributed by atoms with Gasteiger partial charge in [-0.3, -0.25) is 9.89 Å². The van der Waals surface area contributed by atoms with E-state index in [-0.39, 0.29) is 11.6 Å². The van der Waals surface area contributed by atoms with E-state index in [4.69, 9.17) is 18.9 Å². The molecule has 38 heavy (non-hydrogen) atoms. The summed E-state index contributed by atoms with van der Waals surface area (Å²) in [7, 11) is 3.77. The summed E-state index contributed by atoms with van der Waals surface area (Å²) in [5, 5.41) is 4.84. The lowest BCUT2D eigenvalue weighted by Gasteiger charge is -2.28. The van der Waals surface area contributed by atoms with Crippen molar-refractivity contribution in [1.29, 1.82) is 0 Å². The Labute approximate surface area is 222 Å². The number of furan rings is 1. The van der Waals surface area contributed by atoms with E-state index in [1.165, 1.54) is 25.9 Å². The number of hydrogen-bond donors (Lipinski definition) is 1. The van der Waals surface area contributed by atoms with Gasteiger partial charge >= 0.3 is 0 Å². The summed E-state index contributed by atoms with van der Waals surface area (Å²) in [5.41, 5.74) is 1.98. The number of aryl methyl sites for hydroxylation is 1. The second-order valence-corrected chi connectivity index (χ2v) is 10.7. The molecule has 9 heteroatoms. The normalized spacial score (nSPS) is 17.7. The van der Waals surface area contributed by atoms with Crippen LogP contribution in [0.5, 0.6) is 11.5 Å². The van der Waals surface area contributed by atoms with Crippen molar-refractivity contribution in [2.45, 2.75) is 45.1 Å². The van der Waals surface area contributed by atoms with E-state index in [9.17, 15) is 4.79 Å². The zero-order valence-corrected chi connectivity index (χ0v) is 22.6. The van der Waals surface area contributed by atoms with Crippen molar-refractivity contribution in [3.63, 3.8) is 0 Å². The maximum atomic E-state index is 13.8. The Hall–Kier alpha value is -3.30. The minimum absolute atomic E-state index is 0.0609. The Balaban J connectivity index is 1.42. The van der Waals surface area contributed by atoms with Crippen LogP contribution in [0.1, 0.15) is 43.9 Å². The molecule has 2 aliphatic rings. The molecule has 1 aromatic carbocycles. The van der Waals surface area contributed by atoms with E-state index in [0.29, 0.717) is 34.9 Å². The van der Waals surface area contributed by atoms with Gasteiger partial charge in [-0.15, -0.1) is 0 Å². The number of nitrogens with one attached hydrogen (secondary N) is 1. The van der Waals surface area contributed by atoms with Crippen molar-refractivity contribution in [3.05, 3.63) is 40.4 Å². The zero-order chi connectivity index (χ0) is 26.2. The highest BCUT2D eigenvalue weighted by atomic mass is 16.5. The molecular weight excluding hydrogens is 482 g/mol. The molecule has 2 saturated heterocycles. The standard InChI is InChI=1S/C29H37N5O4/c1-19-7-8-23(38-19)28-26-27(31-34(29(26)35)20-9-14-32(2)15-10-20)21-17-24(36-3)25(18-22(21)30-28)37-16-6-13-33-11-4-5-12-33/h7-8,17-18,20,31H,4-6,9-16H2,1-3H3. The highest BCUT2D eigenvalue weighted by Crippen LogP contribution is 2.38. The molecule has 2 fully saturated rings. The largest absolute Gasteiger partial charge is 0.493 e. The molecule has 9 nitrogen and oxygen atoms in total. The second kappa shape index (κ2) is 10.5. The van der Waals surface area contributed by atoms with Crippen LogP contribution in [0.3, 0.4) is 0 Å². The van der Waals surface area contributed by atoms with Gasteiger partial charge in [0.25, 0.3) is 5.56 Å². The van der Waals surface area contributed by atoms with E-state index in [1.54, 1.807) is 11.8 Å². The molecule has 6 rings (SSSR count). The summed E-state index contributed by atoms with van der Waals surface area (Å²) in [6, 6.07) is 7.76. The van der Waals surface area contributed by atoms with Crippen molar-refractivity contribution >= 4 is 21.8 Å². The van der Waals surface area contributed by atoms with Gasteiger partial charge in [0.1, 0.15) is 11.5 Å². The average molecular weight is 520 g/mol. The van der Waals surface area contributed by atoms with Crippen LogP contribution >= 0.6 is 0 Å². The van der Waals surface area contributed by atoms with Crippen LogP contribution < -0.4 is 15.0 Å². The number of fused-ring (bicyclic) bond motifs is 3. The third-order valence-corrected chi connectivity index (χ3v) is 8.04. The number of nitrogens with zero attached hydrogens (tertiary/aromatic N) is 4. The fourth-order valence-corrected chi connectivity index (χ4v) is 5.89. The van der Waals surface area contributed by atoms with E-state index in [0.717, 1.165) is 61.1 Å². The Morgan fingerprint density at radius 2 is 1.89 bits per heavy atom. The molecule has 202 valence electrons. The number of benzene rings is 1. The number of piperidine rings is 1. The molecule has 0 bridgehead atoms. The number of likely N-dealkylation sites (tertiary alicyclic amines) is 2. The lowest BCUT2D eigenvalue weighted by atomic mass is 10.1. The predicted octanol–water partition coefficient (Wildman–Crippen LogP) is 4.59. The molecule has 0 atom stereocenters. The molecule has 0 spiro atoms. The molecule has 0 amide bonds. The maximum Gasteiger partial charge on any atom is 0.277 e. The quantitative estimate of drug-likeness (QED) is 0.341. The summed E-state index contributed by atoms with van der Waals surface area (Å²) < 4.78 is 19.7. The monoisotopic (exact) mass is 519 g/mol. The Morgan fingerprint density at radius 1 is 1.11 bits per heavy atom. The van der Waals surface area contributed by atoms with Crippen LogP contribution in [-0.4, -0.2) is 78.1 Å². The zero-order valence-electron chi connectivity index (χ0n) is 22.6. The fraction of sp³-hybridized carbons (Fsp3) is 0.517. The minimum atomic E-state index is -0.0609. The third-order valence-electron chi connectivity index (χ3n) is 8.04. The topological polar surface area (TPSA) is 88.8 Å². The van der Waals surface area contributed by atoms with E-state index >= 15 is 0 Å². The molecular formula is C29H37N5O4. The summed E-state index contributed by atoms with van der Waals surface area (Å²) in [5.74, 6) is 2.66. The van der Waals surface area contributed by atoms with Gasteiger partial charge in [0.15, 0.2) is 17.3 Å². The number of hydrogen-bond acceptors (Lipinski definition) is 7. The predicted molar refractivity (Wildman–Crippen MR) is 148 cm³/mol. The van der Waals surface area contributed by atoms with Gasteiger partial charge in [-0.2, -0.15) is 0 Å². The van der Waals surface area contributed by atoms with Gasteiger partial charge in [-0.05, 0) is 90.5 Å². The van der Waals surface area contributed by atoms with Gasteiger partial charge in [-0.25, -0.2) is 9.67 Å². The second-order valence-electron chi connectivity index (χ2n) is 10.7. The SMILES string of the molecule is COc1cc2c(cc1OCCCN1CCCC1)nc(-c1ccc(C)o1)c1c(=O)n(C3CCN(C)CC3)[nH]c12. The molecule has 0 saturated carbocycles. The fourth-order valence-electron chi connectivity index (χ4n) is 5.89. The number of ether oxygens (including phenoxy) is 2. The van der Waals surface area contributed by atoms with E-state index < -0.39 is 0 Å². The summed E-state index contributed by atoms with van der Waals surface area (Å²) in [6.45, 7) is 7.84. The van der Waals surface area contributed by atoms with Gasteiger partial charge in [0, 0.05) is 18.0 Å². The number of aromatic nitrogens is 3. The van der Waals surface area contributed by atoms with Gasteiger partial charge in [-0.1, -0.05) is 0 Å². The lowest BCUT2D eigenvalue weighted by Crippen LogP contribution is -2.34. The van der Waals surface area contributed by atoms with Gasteiger partial charge in [0.05, 0.1) is 36.2 Å². The first-order valence-electron chi connectivity index (χ1n) is 13.8. The summed E-state index contributed by atoms with van der Waals surface area (Å²) in [4.78, 5) is 23.6. The van der Waals surface area contributed by atoms with Crippen LogP contribution in [-0.2, 0) is 0 Å². The number of H-pyrrole nitrogens is 1. The lowest BCUT2D eigenvalue weighted by molar-refractivity contribution is 0.210. The molecule has 2 aliphatic heterocycles. The van der Waals surface area contributed by atoms with E-state index in [2.05, 4.69) is 21.9 Å². The van der Waals surface area contributed by atoms with Crippen molar-refractivity contribution in [1.82, 2.24) is 24.6 Å². The third kappa shape index (κ3) is 4.69. The molecule has 1 N–H and O–H groups in total. The Bertz CT molecular complexity index is 1490. The molecule has 0 unspecified atom stereocenters. The number of rotatable bonds is 8. The molecule has 4 aromatic rings. The van der Waals surface area contributed by atoms with Crippen molar-refractivity contribution in [3.8, 4) is 23.0 Å². The van der Waals surface area contributed by atoms with Crippen LogP contribution in [0.15, 0.2) is 33.5 Å². The Morgan fingerprint density at radius 3 is 2.61 bits per heavy atom. The van der Waals surface area contributed by atoms with Crippen molar-refractivity contribution < 1.29 is 13.9 Å². The van der Waals surface area contributed by atoms with Crippen molar-refractivity contribution in [2.24, 2.45) is 0 Å². The van der Waals surface area contributed by atoms with Crippen LogP contribution in [0.2, 0.25) is 0 Å². The first-order chi connectivity index (χ1) is 18.5. The summed E-state index contributed by atoms with van der Waals surface area (Å²) >= 11 is 0. The molecule has 3 aromatic heterocycles. The van der Waals surface area contributed by atoms with E-state index in [1.807, 2.05) is 31.2 Å². The number of pyridine rings is 1. The molecule has 0 aliphatic carbocycles. The maximum absolute atomic E-state index is 13.8. The van der Waals surface area contributed by atoms with Crippen LogP contribution in [0.25, 0.3) is 33.3 Å². The smallest absolute Gasteiger partial charge is 0.277 e. The average Bonchev–Trinajstić information content (AvgIpc) is 3.67. The number of aromatic amines is 1. The highest BCUT2D eigenvalue weighted by Gasteiger charge is 2.26. The molecule has 0 radical (unpaired) electrons. The first kappa shape index (κ1) is 25.0. The van der Waals surface area contributed by atoms with Gasteiger partial charge < -0.3 is 23.7 Å². The van der Waals surface area contributed by atoms with Crippen LogP contribution in [0.4, 0.5) is 0 Å². The van der Waals surface area contributed by atoms with Gasteiger partial charge in [0.2, 0.25) is 0 Å². The first-order valence-corrected chi connectivity index (χ1v) is 13.8.